The second-order valence-corrected chi connectivity index (χ2v) is 3.75. The summed E-state index contributed by atoms with van der Waals surface area (Å²) in [6, 6.07) is 0. The van der Waals surface area contributed by atoms with Gasteiger partial charge in [0, 0.05) is 12.8 Å². The van der Waals surface area contributed by atoms with Crippen molar-refractivity contribution in [1.82, 2.24) is 5.32 Å². The predicted molar refractivity (Wildman–Crippen MR) is 49.8 cm³/mol. The van der Waals surface area contributed by atoms with Crippen molar-refractivity contribution in [1.29, 1.82) is 0 Å². The van der Waals surface area contributed by atoms with Gasteiger partial charge in [-0.3, -0.25) is 4.79 Å². The quantitative estimate of drug-likeness (QED) is 0.625. The minimum Gasteiger partial charge on any atom is -0.358 e. The second kappa shape index (κ2) is 5.92. The highest BCUT2D eigenvalue weighted by Gasteiger charge is 2.09. The van der Waals surface area contributed by atoms with Crippen molar-refractivity contribution >= 4 is 30.3 Å². The normalized spacial score (nSPS) is 12.7. The van der Waals surface area contributed by atoms with Crippen LogP contribution in [0.3, 0.4) is 0 Å². The van der Waals surface area contributed by atoms with Crippen LogP contribution in [0, 0.1) is 0 Å². The number of thioether (sulfide) groups is 1. The number of amides is 1. The summed E-state index contributed by atoms with van der Waals surface area (Å²) in [5.41, 5.74) is 0. The smallest absolute Gasteiger partial charge is 0.232 e. The fraction of sp³-hybridized carbons (Fsp3) is 0.833. The summed E-state index contributed by atoms with van der Waals surface area (Å²) in [5, 5.41) is 2.64. The van der Waals surface area contributed by atoms with Gasteiger partial charge in [0.25, 0.3) is 0 Å². The molecule has 60 valence electrons. The SMILES string of the molecule is CNC(=O)C(C)SCCS. The first-order valence-electron chi connectivity index (χ1n) is 3.16. The lowest BCUT2D eigenvalue weighted by Crippen LogP contribution is -2.27. The van der Waals surface area contributed by atoms with Crippen LogP contribution in [-0.2, 0) is 4.79 Å². The number of rotatable bonds is 4. The fourth-order valence-corrected chi connectivity index (χ4v) is 1.55. The maximum atomic E-state index is 10.9. The lowest BCUT2D eigenvalue weighted by molar-refractivity contribution is -0.119. The van der Waals surface area contributed by atoms with Crippen LogP contribution < -0.4 is 5.32 Å². The zero-order chi connectivity index (χ0) is 7.98. The summed E-state index contributed by atoms with van der Waals surface area (Å²) in [4.78, 5) is 10.9. The van der Waals surface area contributed by atoms with E-state index in [0.717, 1.165) is 11.5 Å². The van der Waals surface area contributed by atoms with Crippen LogP contribution in [-0.4, -0.2) is 29.7 Å². The average molecular weight is 179 g/mol. The van der Waals surface area contributed by atoms with Gasteiger partial charge in [-0.2, -0.15) is 12.6 Å². The van der Waals surface area contributed by atoms with Crippen molar-refractivity contribution in [2.45, 2.75) is 12.2 Å². The van der Waals surface area contributed by atoms with Crippen molar-refractivity contribution in [2.75, 3.05) is 18.6 Å². The maximum Gasteiger partial charge on any atom is 0.232 e. The number of carbonyl (C=O) groups excluding carboxylic acids is 1. The van der Waals surface area contributed by atoms with Crippen LogP contribution in [0.2, 0.25) is 0 Å². The standard InChI is InChI=1S/C6H13NOS2/c1-5(6(8)7-2)10-4-3-9/h5,9H,3-4H2,1-2H3,(H,7,8). The highest BCUT2D eigenvalue weighted by Crippen LogP contribution is 2.09. The third-order valence-corrected chi connectivity index (χ3v) is 2.75. The first-order valence-corrected chi connectivity index (χ1v) is 4.84. The van der Waals surface area contributed by atoms with Gasteiger partial charge in [0.1, 0.15) is 0 Å². The van der Waals surface area contributed by atoms with Gasteiger partial charge in [0.15, 0.2) is 0 Å². The molecule has 1 amide bonds. The van der Waals surface area contributed by atoms with E-state index in [9.17, 15) is 4.79 Å². The van der Waals surface area contributed by atoms with Crippen molar-refractivity contribution in [3.63, 3.8) is 0 Å². The summed E-state index contributed by atoms with van der Waals surface area (Å²) in [7, 11) is 1.65. The Bertz CT molecular complexity index is 108. The summed E-state index contributed by atoms with van der Waals surface area (Å²) in [6.07, 6.45) is 0. The molecule has 0 saturated heterocycles. The van der Waals surface area contributed by atoms with Crippen LogP contribution >= 0.6 is 24.4 Å². The first kappa shape index (κ1) is 10.2. The van der Waals surface area contributed by atoms with Crippen molar-refractivity contribution in [3.8, 4) is 0 Å². The highest BCUT2D eigenvalue weighted by molar-refractivity contribution is 8.01. The van der Waals surface area contributed by atoms with Crippen LogP contribution in [0.4, 0.5) is 0 Å². The molecule has 4 heteroatoms. The molecule has 0 aromatic carbocycles. The van der Waals surface area contributed by atoms with Crippen molar-refractivity contribution < 1.29 is 4.79 Å². The van der Waals surface area contributed by atoms with E-state index in [2.05, 4.69) is 17.9 Å². The molecule has 0 aliphatic heterocycles. The van der Waals surface area contributed by atoms with Crippen molar-refractivity contribution in [2.24, 2.45) is 0 Å². The van der Waals surface area contributed by atoms with Crippen LogP contribution in [0.5, 0.6) is 0 Å². The minimum absolute atomic E-state index is 0.0529. The molecule has 0 aliphatic rings. The molecule has 1 N–H and O–H groups in total. The molecule has 0 aliphatic carbocycles. The lowest BCUT2D eigenvalue weighted by atomic mass is 10.4. The molecular weight excluding hydrogens is 166 g/mol. The molecule has 0 aromatic rings. The molecule has 10 heavy (non-hydrogen) atoms. The van der Waals surface area contributed by atoms with Gasteiger partial charge in [-0.15, -0.1) is 11.8 Å². The molecule has 1 atom stereocenters. The van der Waals surface area contributed by atoms with E-state index >= 15 is 0 Å². The van der Waals surface area contributed by atoms with E-state index in [1.165, 1.54) is 0 Å². The fourth-order valence-electron chi connectivity index (χ4n) is 0.508. The monoisotopic (exact) mass is 179 g/mol. The minimum atomic E-state index is 0.0529. The van der Waals surface area contributed by atoms with Crippen molar-refractivity contribution in [3.05, 3.63) is 0 Å². The molecule has 0 radical (unpaired) electrons. The molecule has 0 saturated carbocycles. The Kier molecular flexibility index (Phi) is 6.02. The number of hydrogen-bond donors (Lipinski definition) is 2. The molecule has 0 rings (SSSR count). The summed E-state index contributed by atoms with van der Waals surface area (Å²) < 4.78 is 0. The number of nitrogens with one attached hydrogen (secondary N) is 1. The Morgan fingerprint density at radius 3 is 2.80 bits per heavy atom. The third kappa shape index (κ3) is 4.06. The Balaban J connectivity index is 3.41. The zero-order valence-electron chi connectivity index (χ0n) is 6.26. The molecule has 1 unspecified atom stereocenters. The van der Waals surface area contributed by atoms with Gasteiger partial charge in [-0.25, -0.2) is 0 Å². The van der Waals surface area contributed by atoms with Crippen LogP contribution in [0.15, 0.2) is 0 Å². The molecule has 0 bridgehead atoms. The zero-order valence-corrected chi connectivity index (χ0v) is 7.97. The van der Waals surface area contributed by atoms with Gasteiger partial charge in [0.2, 0.25) is 5.91 Å². The second-order valence-electron chi connectivity index (χ2n) is 1.85. The van der Waals surface area contributed by atoms with Gasteiger partial charge in [0.05, 0.1) is 5.25 Å². The molecule has 2 nitrogen and oxygen atoms in total. The number of carbonyl (C=O) groups is 1. The predicted octanol–water partition coefficient (Wildman–Crippen LogP) is 0.784. The highest BCUT2D eigenvalue weighted by atomic mass is 32.2. The summed E-state index contributed by atoms with van der Waals surface area (Å²) >= 11 is 5.66. The summed E-state index contributed by atoms with van der Waals surface area (Å²) in [5.74, 6) is 1.84. The summed E-state index contributed by atoms with van der Waals surface area (Å²) in [6.45, 7) is 1.90. The average Bonchev–Trinajstić information content (AvgIpc) is 1.98. The van der Waals surface area contributed by atoms with E-state index in [1.807, 2.05) is 6.92 Å². The van der Waals surface area contributed by atoms with E-state index < -0.39 is 0 Å². The van der Waals surface area contributed by atoms with Crippen LogP contribution in [0.1, 0.15) is 6.92 Å². The van der Waals surface area contributed by atoms with E-state index in [1.54, 1.807) is 18.8 Å². The lowest BCUT2D eigenvalue weighted by Gasteiger charge is -2.07. The Morgan fingerprint density at radius 2 is 2.40 bits per heavy atom. The van der Waals surface area contributed by atoms with Gasteiger partial charge in [-0.1, -0.05) is 0 Å². The number of thiol groups is 1. The van der Waals surface area contributed by atoms with E-state index in [-0.39, 0.29) is 11.2 Å². The van der Waals surface area contributed by atoms with E-state index in [4.69, 9.17) is 0 Å². The topological polar surface area (TPSA) is 29.1 Å². The molecule has 0 heterocycles. The van der Waals surface area contributed by atoms with Gasteiger partial charge >= 0.3 is 0 Å². The van der Waals surface area contributed by atoms with E-state index in [0.29, 0.717) is 0 Å². The third-order valence-electron chi connectivity index (χ3n) is 1.07. The van der Waals surface area contributed by atoms with Crippen LogP contribution in [0.25, 0.3) is 0 Å². The Morgan fingerprint density at radius 1 is 1.80 bits per heavy atom. The largest absolute Gasteiger partial charge is 0.358 e. The maximum absolute atomic E-state index is 10.9. The Hall–Kier alpha value is 0.170. The Labute approximate surface area is 71.6 Å². The number of hydrogen-bond acceptors (Lipinski definition) is 3. The molecule has 0 spiro atoms. The molecular formula is C6H13NOS2. The first-order chi connectivity index (χ1) is 4.72. The molecule has 0 aromatic heterocycles. The molecule has 0 fully saturated rings. The van der Waals surface area contributed by atoms with Gasteiger partial charge < -0.3 is 5.32 Å². The van der Waals surface area contributed by atoms with Gasteiger partial charge in [-0.05, 0) is 12.7 Å².